The van der Waals surface area contributed by atoms with Crippen LogP contribution in [-0.4, -0.2) is 30.2 Å². The third-order valence-corrected chi connectivity index (χ3v) is 3.36. The summed E-state index contributed by atoms with van der Waals surface area (Å²) in [5.74, 6) is 0.351. The molecule has 1 amide bonds. The van der Waals surface area contributed by atoms with E-state index in [1.54, 1.807) is 12.1 Å². The van der Waals surface area contributed by atoms with Crippen LogP contribution in [-0.2, 0) is 6.54 Å². The van der Waals surface area contributed by atoms with Gasteiger partial charge in [0.25, 0.3) is 11.6 Å². The molecule has 0 aliphatic rings. The second-order valence-electron chi connectivity index (χ2n) is 4.82. The Bertz CT molecular complexity index is 775. The lowest BCUT2D eigenvalue weighted by Gasteiger charge is -2.10. The summed E-state index contributed by atoms with van der Waals surface area (Å²) in [7, 11) is 2.95. The number of carbonyl (C=O) groups excluding carboxylic acids is 1. The van der Waals surface area contributed by atoms with Crippen molar-refractivity contribution in [1.82, 2.24) is 5.32 Å². The maximum Gasteiger partial charge on any atom is 0.270 e. The molecule has 0 atom stereocenters. The molecule has 0 fully saturated rings. The Morgan fingerprint density at radius 1 is 1.17 bits per heavy atom. The largest absolute Gasteiger partial charge is 0.508 e. The molecule has 24 heavy (non-hydrogen) atoms. The first kappa shape index (κ1) is 17.1. The molecule has 2 aromatic rings. The minimum atomic E-state index is -0.570. The molecule has 2 N–H and O–H groups in total. The second kappa shape index (κ2) is 7.32. The molecule has 0 saturated heterocycles. The number of phenols is 1. The molecule has 0 bridgehead atoms. The van der Waals surface area contributed by atoms with Crippen molar-refractivity contribution in [2.75, 3.05) is 14.2 Å². The van der Waals surface area contributed by atoms with Gasteiger partial charge in [-0.3, -0.25) is 14.9 Å². The zero-order chi connectivity index (χ0) is 17.7. The van der Waals surface area contributed by atoms with Crippen LogP contribution in [0.4, 0.5) is 5.69 Å². The molecule has 0 heterocycles. The smallest absolute Gasteiger partial charge is 0.270 e. The molecule has 8 nitrogen and oxygen atoms in total. The van der Waals surface area contributed by atoms with Crippen LogP contribution >= 0.6 is 0 Å². The van der Waals surface area contributed by atoms with Gasteiger partial charge in [-0.15, -0.1) is 0 Å². The predicted octanol–water partition coefficient (Wildman–Crippen LogP) is 2.25. The van der Waals surface area contributed by atoms with Crippen LogP contribution in [0.5, 0.6) is 17.2 Å². The number of benzene rings is 2. The highest BCUT2D eigenvalue weighted by Gasteiger charge is 2.13. The maximum atomic E-state index is 12.2. The van der Waals surface area contributed by atoms with Crippen molar-refractivity contribution in [3.63, 3.8) is 0 Å². The van der Waals surface area contributed by atoms with Gasteiger partial charge in [-0.1, -0.05) is 0 Å². The maximum absolute atomic E-state index is 12.2. The highest BCUT2D eigenvalue weighted by molar-refractivity contribution is 5.94. The topological polar surface area (TPSA) is 111 Å². The van der Waals surface area contributed by atoms with E-state index in [0.717, 1.165) is 0 Å². The Morgan fingerprint density at radius 3 is 2.50 bits per heavy atom. The number of rotatable bonds is 6. The lowest BCUT2D eigenvalue weighted by Crippen LogP contribution is -2.22. The fourth-order valence-corrected chi connectivity index (χ4v) is 2.08. The third kappa shape index (κ3) is 3.72. The molecule has 0 aliphatic carbocycles. The summed E-state index contributed by atoms with van der Waals surface area (Å²) >= 11 is 0. The number of nitro benzene ring substituents is 1. The first-order valence-corrected chi connectivity index (χ1v) is 6.92. The van der Waals surface area contributed by atoms with E-state index in [1.807, 2.05) is 0 Å². The van der Waals surface area contributed by atoms with Gasteiger partial charge in [-0.25, -0.2) is 0 Å². The summed E-state index contributed by atoms with van der Waals surface area (Å²) < 4.78 is 10.2. The Balaban J connectivity index is 2.13. The number of nitro groups is 1. The first-order chi connectivity index (χ1) is 11.5. The lowest BCUT2D eigenvalue weighted by molar-refractivity contribution is -0.384. The monoisotopic (exact) mass is 332 g/mol. The van der Waals surface area contributed by atoms with Crippen LogP contribution in [0.15, 0.2) is 36.4 Å². The molecule has 0 radical (unpaired) electrons. The molecule has 0 aromatic heterocycles. The highest BCUT2D eigenvalue weighted by atomic mass is 16.6. The van der Waals surface area contributed by atoms with Crippen molar-refractivity contribution in [1.29, 1.82) is 0 Å². The van der Waals surface area contributed by atoms with Gasteiger partial charge in [-0.05, 0) is 24.3 Å². The molecule has 2 rings (SSSR count). The van der Waals surface area contributed by atoms with E-state index in [2.05, 4.69) is 5.32 Å². The van der Waals surface area contributed by atoms with E-state index in [4.69, 9.17) is 9.47 Å². The quantitative estimate of drug-likeness (QED) is 0.620. The molecular formula is C16H16N2O6. The molecule has 0 spiro atoms. The van der Waals surface area contributed by atoms with Crippen molar-refractivity contribution in [2.24, 2.45) is 0 Å². The van der Waals surface area contributed by atoms with Gasteiger partial charge in [0.15, 0.2) is 11.5 Å². The number of aromatic hydroxyl groups is 1. The molecule has 0 aliphatic heterocycles. The van der Waals surface area contributed by atoms with Gasteiger partial charge in [-0.2, -0.15) is 0 Å². The zero-order valence-electron chi connectivity index (χ0n) is 13.1. The van der Waals surface area contributed by atoms with Gasteiger partial charge >= 0.3 is 0 Å². The molecular weight excluding hydrogens is 316 g/mol. The normalized spacial score (nSPS) is 10.1. The minimum Gasteiger partial charge on any atom is -0.508 e. The van der Waals surface area contributed by atoms with Crippen LogP contribution in [0.3, 0.4) is 0 Å². The van der Waals surface area contributed by atoms with Crippen LogP contribution < -0.4 is 14.8 Å². The number of carbonyl (C=O) groups is 1. The summed E-state index contributed by atoms with van der Waals surface area (Å²) in [5, 5.41) is 23.1. The van der Waals surface area contributed by atoms with E-state index < -0.39 is 10.8 Å². The van der Waals surface area contributed by atoms with Crippen LogP contribution in [0.2, 0.25) is 0 Å². The van der Waals surface area contributed by atoms with E-state index in [9.17, 15) is 20.0 Å². The molecule has 126 valence electrons. The van der Waals surface area contributed by atoms with Crippen LogP contribution in [0.25, 0.3) is 0 Å². The average Bonchev–Trinajstić information content (AvgIpc) is 2.59. The van der Waals surface area contributed by atoms with E-state index in [-0.39, 0.29) is 23.5 Å². The highest BCUT2D eigenvalue weighted by Crippen LogP contribution is 2.27. The first-order valence-electron chi connectivity index (χ1n) is 6.92. The van der Waals surface area contributed by atoms with Crippen molar-refractivity contribution in [3.8, 4) is 17.2 Å². The summed E-state index contributed by atoms with van der Waals surface area (Å²) in [6.45, 7) is -0.0549. The van der Waals surface area contributed by atoms with Crippen LogP contribution in [0.1, 0.15) is 15.9 Å². The number of phenolic OH excluding ortho intramolecular Hbond substituents is 1. The van der Waals surface area contributed by atoms with Crippen molar-refractivity contribution < 1.29 is 24.3 Å². The SMILES string of the molecule is COc1ccc(C(=O)NCc2cc([N+](=O)[O-])ccc2O)cc1OC. The van der Waals surface area contributed by atoms with Gasteiger partial charge in [0.2, 0.25) is 0 Å². The number of hydrogen-bond donors (Lipinski definition) is 2. The van der Waals surface area contributed by atoms with E-state index >= 15 is 0 Å². The standard InChI is InChI=1S/C16H16N2O6/c1-23-14-6-3-10(8-15(14)24-2)16(20)17-9-11-7-12(18(21)22)4-5-13(11)19/h3-8,19H,9H2,1-2H3,(H,17,20). The third-order valence-electron chi connectivity index (χ3n) is 3.36. The Kier molecular flexibility index (Phi) is 5.20. The molecule has 2 aromatic carbocycles. The van der Waals surface area contributed by atoms with Gasteiger partial charge in [0.05, 0.1) is 19.1 Å². The average molecular weight is 332 g/mol. The van der Waals surface area contributed by atoms with Gasteiger partial charge in [0, 0.05) is 29.8 Å². The fourth-order valence-electron chi connectivity index (χ4n) is 2.08. The Morgan fingerprint density at radius 2 is 1.88 bits per heavy atom. The number of hydrogen-bond acceptors (Lipinski definition) is 6. The number of methoxy groups -OCH3 is 2. The number of nitrogens with one attached hydrogen (secondary N) is 1. The van der Waals surface area contributed by atoms with Crippen LogP contribution in [0, 0.1) is 10.1 Å². The molecule has 0 unspecified atom stereocenters. The van der Waals surface area contributed by atoms with Gasteiger partial charge < -0.3 is 19.9 Å². The fraction of sp³-hybridized carbons (Fsp3) is 0.188. The van der Waals surface area contributed by atoms with E-state index in [1.165, 1.54) is 38.5 Å². The number of non-ortho nitro benzene ring substituents is 1. The molecule has 8 heteroatoms. The van der Waals surface area contributed by atoms with Crippen molar-refractivity contribution in [2.45, 2.75) is 6.54 Å². The van der Waals surface area contributed by atoms with E-state index in [0.29, 0.717) is 17.1 Å². The lowest BCUT2D eigenvalue weighted by atomic mass is 10.1. The van der Waals surface area contributed by atoms with Gasteiger partial charge in [0.1, 0.15) is 5.75 Å². The predicted molar refractivity (Wildman–Crippen MR) is 85.5 cm³/mol. The molecule has 0 saturated carbocycles. The summed E-state index contributed by atoms with van der Waals surface area (Å²) in [5.41, 5.74) is 0.416. The summed E-state index contributed by atoms with van der Waals surface area (Å²) in [6, 6.07) is 8.29. The van der Waals surface area contributed by atoms with Crippen molar-refractivity contribution in [3.05, 3.63) is 57.6 Å². The zero-order valence-corrected chi connectivity index (χ0v) is 13.1. The minimum absolute atomic E-state index is 0.0549. The summed E-state index contributed by atoms with van der Waals surface area (Å²) in [4.78, 5) is 22.4. The Hall–Kier alpha value is -3.29. The number of nitrogens with zero attached hydrogens (tertiary/aromatic N) is 1. The number of ether oxygens (including phenoxy) is 2. The summed E-state index contributed by atoms with van der Waals surface area (Å²) in [6.07, 6.45) is 0. The Labute approximate surface area is 137 Å². The van der Waals surface area contributed by atoms with Crippen molar-refractivity contribution >= 4 is 11.6 Å². The number of amides is 1. The second-order valence-corrected chi connectivity index (χ2v) is 4.82.